The third kappa shape index (κ3) is 3.44. The highest BCUT2D eigenvalue weighted by Gasteiger charge is 2.34. The summed E-state index contributed by atoms with van der Waals surface area (Å²) in [5, 5.41) is 9.54. The number of ether oxygens (including phenoxy) is 1. The molecule has 120 valence electrons. The van der Waals surface area contributed by atoms with Crippen molar-refractivity contribution in [3.63, 3.8) is 0 Å². The summed E-state index contributed by atoms with van der Waals surface area (Å²) in [7, 11) is 0. The number of aliphatic hydroxyl groups excluding tert-OH is 1. The Morgan fingerprint density at radius 1 is 1.17 bits per heavy atom. The summed E-state index contributed by atoms with van der Waals surface area (Å²) in [5.74, 6) is -0.946. The van der Waals surface area contributed by atoms with Crippen LogP contribution < -0.4 is 5.73 Å². The molecule has 3 rings (SSSR count). The Kier molecular flexibility index (Phi) is 4.74. The van der Waals surface area contributed by atoms with E-state index in [0.29, 0.717) is 12.8 Å². The van der Waals surface area contributed by atoms with Gasteiger partial charge in [-0.15, -0.1) is 0 Å². The van der Waals surface area contributed by atoms with Gasteiger partial charge in [0.25, 0.3) is 0 Å². The van der Waals surface area contributed by atoms with Gasteiger partial charge in [0.2, 0.25) is 0 Å². The normalized spacial score (nSPS) is 20.8. The summed E-state index contributed by atoms with van der Waals surface area (Å²) in [5.41, 5.74) is 9.36. The molecule has 0 saturated carbocycles. The molecule has 2 aromatic carbocycles. The van der Waals surface area contributed by atoms with E-state index in [1.807, 2.05) is 54.6 Å². The Morgan fingerprint density at radius 2 is 1.87 bits per heavy atom. The molecule has 0 fully saturated rings. The minimum absolute atomic E-state index is 0.233. The number of benzene rings is 2. The molecule has 0 radical (unpaired) electrons. The second-order valence-corrected chi connectivity index (χ2v) is 5.97. The van der Waals surface area contributed by atoms with Crippen LogP contribution in [-0.2, 0) is 22.4 Å². The molecule has 0 heterocycles. The summed E-state index contributed by atoms with van der Waals surface area (Å²) in [6, 6.07) is 17.2. The van der Waals surface area contributed by atoms with Crippen molar-refractivity contribution < 1.29 is 14.6 Å². The van der Waals surface area contributed by atoms with Crippen molar-refractivity contribution in [1.29, 1.82) is 0 Å². The summed E-state index contributed by atoms with van der Waals surface area (Å²) in [6.07, 6.45) is 0.738. The Morgan fingerprint density at radius 3 is 2.57 bits per heavy atom. The number of carbonyl (C=O) groups is 1. The second-order valence-electron chi connectivity index (χ2n) is 5.97. The van der Waals surface area contributed by atoms with Crippen molar-refractivity contribution in [3.8, 4) is 0 Å². The lowest BCUT2D eigenvalue weighted by Crippen LogP contribution is -2.32. The van der Waals surface area contributed by atoms with E-state index in [4.69, 9.17) is 10.5 Å². The molecule has 4 heteroatoms. The van der Waals surface area contributed by atoms with E-state index in [9.17, 15) is 9.90 Å². The molecule has 0 spiro atoms. The first-order valence-electron chi connectivity index (χ1n) is 7.87. The van der Waals surface area contributed by atoms with Gasteiger partial charge in [0.1, 0.15) is 6.10 Å². The number of fused-ring (bicyclic) bond motifs is 1. The molecule has 0 bridgehead atoms. The van der Waals surface area contributed by atoms with Crippen LogP contribution in [0.2, 0.25) is 0 Å². The SMILES string of the molecule is NC1c2ccccc2CC1OC(=O)C(CO)Cc1ccccc1. The molecular formula is C19H21NO3. The smallest absolute Gasteiger partial charge is 0.311 e. The van der Waals surface area contributed by atoms with Crippen molar-refractivity contribution in [2.24, 2.45) is 11.7 Å². The van der Waals surface area contributed by atoms with Crippen molar-refractivity contribution in [2.75, 3.05) is 6.61 Å². The van der Waals surface area contributed by atoms with Crippen LogP contribution in [0.4, 0.5) is 0 Å². The maximum atomic E-state index is 12.4. The van der Waals surface area contributed by atoms with E-state index >= 15 is 0 Å². The fraction of sp³-hybridized carbons (Fsp3) is 0.316. The lowest BCUT2D eigenvalue weighted by Gasteiger charge is -2.20. The lowest BCUT2D eigenvalue weighted by molar-refractivity contribution is -0.156. The maximum absolute atomic E-state index is 12.4. The van der Waals surface area contributed by atoms with E-state index in [0.717, 1.165) is 16.7 Å². The van der Waals surface area contributed by atoms with Gasteiger partial charge in [0, 0.05) is 6.42 Å². The molecule has 0 aromatic heterocycles. The van der Waals surface area contributed by atoms with Crippen molar-refractivity contribution in [3.05, 3.63) is 71.3 Å². The van der Waals surface area contributed by atoms with E-state index < -0.39 is 5.92 Å². The minimum atomic E-state index is -0.562. The van der Waals surface area contributed by atoms with Gasteiger partial charge < -0.3 is 15.6 Å². The predicted molar refractivity (Wildman–Crippen MR) is 87.7 cm³/mol. The zero-order valence-corrected chi connectivity index (χ0v) is 12.9. The quantitative estimate of drug-likeness (QED) is 0.829. The zero-order chi connectivity index (χ0) is 16.2. The van der Waals surface area contributed by atoms with Crippen molar-refractivity contribution in [1.82, 2.24) is 0 Å². The molecule has 3 N–H and O–H groups in total. The predicted octanol–water partition coefficient (Wildman–Crippen LogP) is 2.01. The molecule has 3 unspecified atom stereocenters. The largest absolute Gasteiger partial charge is 0.460 e. The molecule has 23 heavy (non-hydrogen) atoms. The van der Waals surface area contributed by atoms with E-state index in [1.54, 1.807) is 0 Å². The van der Waals surface area contributed by atoms with Crippen LogP contribution >= 0.6 is 0 Å². The molecule has 1 aliphatic carbocycles. The average Bonchev–Trinajstić information content (AvgIpc) is 2.90. The first-order valence-corrected chi connectivity index (χ1v) is 7.87. The monoisotopic (exact) mass is 311 g/mol. The number of esters is 1. The molecule has 0 saturated heterocycles. The standard InChI is InChI=1S/C19H21NO3/c20-18-16-9-5-4-8-14(16)11-17(18)23-19(22)15(12-21)10-13-6-2-1-3-7-13/h1-9,15,17-18,21H,10-12,20H2. The second kappa shape index (κ2) is 6.94. The highest BCUT2D eigenvalue weighted by atomic mass is 16.5. The third-order valence-corrected chi connectivity index (χ3v) is 4.38. The number of carbonyl (C=O) groups excluding carboxylic acids is 1. The van der Waals surface area contributed by atoms with Gasteiger partial charge in [-0.2, -0.15) is 0 Å². The third-order valence-electron chi connectivity index (χ3n) is 4.38. The summed E-state index contributed by atoms with van der Waals surface area (Å²) >= 11 is 0. The van der Waals surface area contributed by atoms with Gasteiger partial charge in [0.15, 0.2) is 0 Å². The van der Waals surface area contributed by atoms with E-state index in [2.05, 4.69) is 0 Å². The fourth-order valence-electron chi connectivity index (χ4n) is 3.07. The molecule has 4 nitrogen and oxygen atoms in total. The van der Waals surface area contributed by atoms with Crippen LogP contribution in [-0.4, -0.2) is 23.8 Å². The van der Waals surface area contributed by atoms with Gasteiger partial charge in [-0.05, 0) is 23.1 Å². The van der Waals surface area contributed by atoms with E-state index in [1.165, 1.54) is 0 Å². The lowest BCUT2D eigenvalue weighted by atomic mass is 10.00. The number of nitrogens with two attached hydrogens (primary N) is 1. The van der Waals surface area contributed by atoms with Crippen molar-refractivity contribution in [2.45, 2.75) is 25.0 Å². The summed E-state index contributed by atoms with van der Waals surface area (Å²) in [4.78, 5) is 12.4. The van der Waals surface area contributed by atoms with Crippen molar-refractivity contribution >= 4 is 5.97 Å². The molecule has 3 atom stereocenters. The number of rotatable bonds is 5. The van der Waals surface area contributed by atoms with Crippen LogP contribution in [0.15, 0.2) is 54.6 Å². The van der Waals surface area contributed by atoms with Gasteiger partial charge >= 0.3 is 5.97 Å². The van der Waals surface area contributed by atoms with Gasteiger partial charge in [-0.1, -0.05) is 54.6 Å². The zero-order valence-electron chi connectivity index (χ0n) is 12.9. The molecule has 2 aromatic rings. The molecule has 0 aliphatic heterocycles. The summed E-state index contributed by atoms with van der Waals surface area (Å²) in [6.45, 7) is -0.233. The Bertz CT molecular complexity index is 671. The number of hydrogen-bond donors (Lipinski definition) is 2. The molecule has 0 amide bonds. The first-order chi connectivity index (χ1) is 11.2. The van der Waals surface area contributed by atoms with Gasteiger partial charge in [0.05, 0.1) is 18.6 Å². The van der Waals surface area contributed by atoms with Crippen LogP contribution in [0.25, 0.3) is 0 Å². The number of aliphatic hydroxyl groups is 1. The molecular weight excluding hydrogens is 290 g/mol. The van der Waals surface area contributed by atoms with Gasteiger partial charge in [-0.3, -0.25) is 4.79 Å². The van der Waals surface area contributed by atoms with E-state index in [-0.39, 0.29) is 24.7 Å². The number of hydrogen-bond acceptors (Lipinski definition) is 4. The van der Waals surface area contributed by atoms with Crippen LogP contribution in [0.3, 0.4) is 0 Å². The highest BCUT2D eigenvalue weighted by molar-refractivity contribution is 5.73. The fourth-order valence-corrected chi connectivity index (χ4v) is 3.07. The van der Waals surface area contributed by atoms with Crippen LogP contribution in [0, 0.1) is 5.92 Å². The Labute approximate surface area is 135 Å². The first kappa shape index (κ1) is 15.7. The van der Waals surface area contributed by atoms with Crippen LogP contribution in [0.1, 0.15) is 22.7 Å². The van der Waals surface area contributed by atoms with Crippen LogP contribution in [0.5, 0.6) is 0 Å². The Hall–Kier alpha value is -2.17. The average molecular weight is 311 g/mol. The highest BCUT2D eigenvalue weighted by Crippen LogP contribution is 2.31. The Balaban J connectivity index is 1.64. The van der Waals surface area contributed by atoms with Gasteiger partial charge in [-0.25, -0.2) is 0 Å². The summed E-state index contributed by atoms with van der Waals surface area (Å²) < 4.78 is 5.61. The maximum Gasteiger partial charge on any atom is 0.311 e. The topological polar surface area (TPSA) is 72.5 Å². The molecule has 1 aliphatic rings. The minimum Gasteiger partial charge on any atom is -0.460 e.